The summed E-state index contributed by atoms with van der Waals surface area (Å²) < 4.78 is 33.6. The molecule has 0 bridgehead atoms. The van der Waals surface area contributed by atoms with Gasteiger partial charge >= 0.3 is 35.5 Å². The van der Waals surface area contributed by atoms with Gasteiger partial charge in [-0.05, 0) is 61.4 Å². The standard InChI is InChI=1S/C25H25NO7S.Na.H/c1-3-5-22-23(13-12-21(16(2)27)24(22)28)33-15-17-8-10-20(11-9-17)34(31,32)26-19-7-4-6-18(14-19)25(29)30;;/h4,6-14,26,28H,3,5,15H2,1-2H3,(H,29,30);;. The second-order valence-electron chi connectivity index (χ2n) is 7.67. The molecule has 0 aromatic heterocycles. The molecule has 0 aliphatic rings. The van der Waals surface area contributed by atoms with Crippen LogP contribution in [-0.4, -0.2) is 59.9 Å². The Morgan fingerprint density at radius 3 is 2.31 bits per heavy atom. The summed E-state index contributed by atoms with van der Waals surface area (Å²) >= 11 is 0. The number of carboxylic acid groups (broad SMARTS) is 1. The van der Waals surface area contributed by atoms with E-state index in [9.17, 15) is 23.1 Å². The van der Waals surface area contributed by atoms with Crippen molar-refractivity contribution >= 4 is 57.0 Å². The quantitative estimate of drug-likeness (QED) is 0.280. The number of carboxylic acids is 1. The van der Waals surface area contributed by atoms with Gasteiger partial charge in [0, 0.05) is 11.3 Å². The fourth-order valence-corrected chi connectivity index (χ4v) is 4.43. The Morgan fingerprint density at radius 2 is 1.71 bits per heavy atom. The van der Waals surface area contributed by atoms with Gasteiger partial charge in [0.1, 0.15) is 18.1 Å². The van der Waals surface area contributed by atoms with Crippen LogP contribution in [0.2, 0.25) is 0 Å². The second-order valence-corrected chi connectivity index (χ2v) is 9.35. The molecule has 0 amide bonds. The fraction of sp³-hybridized carbons (Fsp3) is 0.200. The molecule has 35 heavy (non-hydrogen) atoms. The molecule has 0 heterocycles. The Hall–Kier alpha value is -2.85. The van der Waals surface area contributed by atoms with Crippen molar-refractivity contribution < 1.29 is 33.0 Å². The van der Waals surface area contributed by atoms with Gasteiger partial charge < -0.3 is 14.9 Å². The van der Waals surface area contributed by atoms with E-state index in [0.29, 0.717) is 23.3 Å². The average Bonchev–Trinajstić information content (AvgIpc) is 2.79. The van der Waals surface area contributed by atoms with Crippen molar-refractivity contribution in [2.75, 3.05) is 4.72 Å². The summed E-state index contributed by atoms with van der Waals surface area (Å²) in [7, 11) is -3.92. The summed E-state index contributed by atoms with van der Waals surface area (Å²) in [5.74, 6) is -1.01. The van der Waals surface area contributed by atoms with E-state index >= 15 is 0 Å². The van der Waals surface area contributed by atoms with Crippen LogP contribution in [0.25, 0.3) is 0 Å². The van der Waals surface area contributed by atoms with E-state index in [1.165, 1.54) is 49.4 Å². The van der Waals surface area contributed by atoms with E-state index < -0.39 is 16.0 Å². The molecule has 0 aliphatic heterocycles. The van der Waals surface area contributed by atoms with Crippen molar-refractivity contribution in [3.8, 4) is 11.5 Å². The van der Waals surface area contributed by atoms with Crippen LogP contribution in [0.15, 0.2) is 65.6 Å². The number of carbonyl (C=O) groups is 2. The van der Waals surface area contributed by atoms with E-state index in [1.807, 2.05) is 6.92 Å². The number of hydrogen-bond acceptors (Lipinski definition) is 6. The molecule has 3 aromatic rings. The molecule has 10 heteroatoms. The number of Topliss-reactive ketones (excluding diaryl/α,β-unsaturated/α-hetero) is 1. The molecule has 3 aromatic carbocycles. The van der Waals surface area contributed by atoms with Gasteiger partial charge in [-0.3, -0.25) is 9.52 Å². The monoisotopic (exact) mass is 507 g/mol. The molecule has 3 N–H and O–H groups in total. The molecule has 0 saturated carbocycles. The Bertz CT molecular complexity index is 1320. The molecule has 3 rings (SSSR count). The molecule has 8 nitrogen and oxygen atoms in total. The maximum absolute atomic E-state index is 12.7. The van der Waals surface area contributed by atoms with Gasteiger partial charge in [0.2, 0.25) is 0 Å². The molecular weight excluding hydrogens is 481 g/mol. The van der Waals surface area contributed by atoms with E-state index in [2.05, 4.69) is 4.72 Å². The number of hydrogen-bond donors (Lipinski definition) is 3. The fourth-order valence-electron chi connectivity index (χ4n) is 3.38. The normalized spacial score (nSPS) is 10.8. The van der Waals surface area contributed by atoms with Crippen molar-refractivity contribution in [1.29, 1.82) is 0 Å². The minimum atomic E-state index is -3.92. The number of benzene rings is 3. The summed E-state index contributed by atoms with van der Waals surface area (Å²) in [5, 5.41) is 19.5. The number of anilines is 1. The average molecular weight is 508 g/mol. The van der Waals surface area contributed by atoms with Crippen molar-refractivity contribution in [3.63, 3.8) is 0 Å². The van der Waals surface area contributed by atoms with Crippen LogP contribution in [0, 0.1) is 0 Å². The topological polar surface area (TPSA) is 130 Å². The first kappa shape index (κ1) is 28.4. The summed E-state index contributed by atoms with van der Waals surface area (Å²) in [6, 6.07) is 14.7. The number of carbonyl (C=O) groups excluding carboxylic acids is 1. The van der Waals surface area contributed by atoms with Gasteiger partial charge in [-0.15, -0.1) is 0 Å². The summed E-state index contributed by atoms with van der Waals surface area (Å²) in [6.07, 6.45) is 1.29. The minimum absolute atomic E-state index is 0. The van der Waals surface area contributed by atoms with Crippen LogP contribution >= 0.6 is 0 Å². The predicted molar refractivity (Wildman–Crippen MR) is 134 cm³/mol. The predicted octanol–water partition coefficient (Wildman–Crippen LogP) is 3.98. The number of aromatic carboxylic acids is 1. The number of rotatable bonds is 10. The molecule has 0 unspecified atom stereocenters. The first-order valence-corrected chi connectivity index (χ1v) is 12.0. The SMILES string of the molecule is CCCc1c(OCc2ccc(S(=O)(=O)Nc3cccc(C(=O)O)c3)cc2)ccc(C(C)=O)c1O.[NaH]. The van der Waals surface area contributed by atoms with Crippen LogP contribution in [0.1, 0.15) is 52.1 Å². The zero-order valence-corrected chi connectivity index (χ0v) is 19.6. The van der Waals surface area contributed by atoms with E-state index in [-0.39, 0.29) is 69.4 Å². The van der Waals surface area contributed by atoms with Crippen LogP contribution in [-0.2, 0) is 23.1 Å². The zero-order chi connectivity index (χ0) is 24.9. The third-order valence-corrected chi connectivity index (χ3v) is 6.51. The number of ether oxygens (including phenoxy) is 1. The van der Waals surface area contributed by atoms with Crippen LogP contribution < -0.4 is 9.46 Å². The molecule has 0 fully saturated rings. The number of phenols is 1. The van der Waals surface area contributed by atoms with E-state index in [1.54, 1.807) is 18.2 Å². The van der Waals surface area contributed by atoms with Crippen LogP contribution in [0.3, 0.4) is 0 Å². The molecule has 180 valence electrons. The third-order valence-electron chi connectivity index (χ3n) is 5.11. The summed E-state index contributed by atoms with van der Waals surface area (Å²) in [5.41, 5.74) is 1.61. The molecule has 0 radical (unpaired) electrons. The van der Waals surface area contributed by atoms with Gasteiger partial charge in [-0.1, -0.05) is 31.5 Å². The zero-order valence-electron chi connectivity index (χ0n) is 18.7. The van der Waals surface area contributed by atoms with E-state index in [4.69, 9.17) is 9.84 Å². The third kappa shape index (κ3) is 7.08. The number of phenolic OH excluding ortho intramolecular Hbond substituents is 1. The number of nitrogens with one attached hydrogen (secondary N) is 1. The summed E-state index contributed by atoms with van der Waals surface area (Å²) in [6.45, 7) is 3.47. The van der Waals surface area contributed by atoms with Gasteiger partial charge in [0.25, 0.3) is 10.0 Å². The number of sulfonamides is 1. The molecule has 0 atom stereocenters. The van der Waals surface area contributed by atoms with Crippen molar-refractivity contribution in [3.05, 3.63) is 82.9 Å². The van der Waals surface area contributed by atoms with Gasteiger partial charge in [-0.2, -0.15) is 0 Å². The Labute approximate surface area is 226 Å². The van der Waals surface area contributed by atoms with Crippen LogP contribution in [0.4, 0.5) is 5.69 Å². The van der Waals surface area contributed by atoms with Crippen molar-refractivity contribution in [1.82, 2.24) is 0 Å². The maximum atomic E-state index is 12.7. The summed E-state index contributed by atoms with van der Waals surface area (Å²) in [4.78, 5) is 22.8. The molecule has 0 aliphatic carbocycles. The first-order chi connectivity index (χ1) is 16.1. The van der Waals surface area contributed by atoms with Gasteiger partial charge in [0.15, 0.2) is 5.78 Å². The first-order valence-electron chi connectivity index (χ1n) is 10.6. The number of aromatic hydroxyl groups is 1. The Morgan fingerprint density at radius 1 is 1.03 bits per heavy atom. The number of ketones is 1. The van der Waals surface area contributed by atoms with E-state index in [0.717, 1.165) is 6.42 Å². The van der Waals surface area contributed by atoms with Crippen molar-refractivity contribution in [2.24, 2.45) is 0 Å². The molecule has 0 spiro atoms. The van der Waals surface area contributed by atoms with Gasteiger partial charge in [0.05, 0.1) is 16.0 Å². The molecule has 0 saturated heterocycles. The van der Waals surface area contributed by atoms with Gasteiger partial charge in [-0.25, -0.2) is 13.2 Å². The molecular formula is C25H26NNaO7S. The van der Waals surface area contributed by atoms with Crippen molar-refractivity contribution in [2.45, 2.75) is 38.2 Å². The second kappa shape index (κ2) is 12.2. The van der Waals surface area contributed by atoms with Crippen LogP contribution in [0.5, 0.6) is 11.5 Å². The Balaban J connectivity index is 0.00000432. The Kier molecular flexibility index (Phi) is 9.91.